The molecule has 6 heteroatoms. The van der Waals surface area contributed by atoms with Crippen LogP contribution in [-0.4, -0.2) is 32.0 Å². The number of halogens is 1. The lowest BCUT2D eigenvalue weighted by Gasteiger charge is -2.38. The number of Topliss-reactive ketones (excluding diaryl/α,β-unsaturated/α-hetero) is 1. The van der Waals surface area contributed by atoms with Crippen molar-refractivity contribution in [2.24, 2.45) is 0 Å². The quantitative estimate of drug-likeness (QED) is 0.502. The number of carbonyl (C=O) groups excluding carboxylic acids is 1. The number of hydrogen-bond donors (Lipinski definition) is 0. The number of benzene rings is 2. The van der Waals surface area contributed by atoms with Crippen molar-refractivity contribution in [3.05, 3.63) is 79.6 Å². The first-order chi connectivity index (χ1) is 13.5. The summed E-state index contributed by atoms with van der Waals surface area (Å²) in [6, 6.07) is 14.6. The van der Waals surface area contributed by atoms with Gasteiger partial charge in [-0.15, -0.1) is 0 Å². The normalized spacial score (nSPS) is 14.5. The van der Waals surface area contributed by atoms with Crippen molar-refractivity contribution in [1.82, 2.24) is 0 Å². The highest BCUT2D eigenvalue weighted by atomic mass is 35.5. The molecule has 0 aliphatic carbocycles. The zero-order valence-electron chi connectivity index (χ0n) is 15.4. The number of piperazine rings is 1. The molecule has 0 bridgehead atoms. The maximum absolute atomic E-state index is 12.2. The minimum Gasteiger partial charge on any atom is -0.368 e. The van der Waals surface area contributed by atoms with Crippen LogP contribution in [0.4, 0.5) is 11.4 Å². The monoisotopic (exact) mass is 394 g/mol. The number of hydrogen-bond acceptors (Lipinski definition) is 5. The van der Waals surface area contributed by atoms with Crippen LogP contribution in [0.25, 0.3) is 11.1 Å². The summed E-state index contributed by atoms with van der Waals surface area (Å²) in [6.07, 6.45) is 0. The third-order valence-corrected chi connectivity index (χ3v) is 5.50. The van der Waals surface area contributed by atoms with Crippen molar-refractivity contribution in [3.8, 4) is 11.1 Å². The highest BCUT2D eigenvalue weighted by Crippen LogP contribution is 2.29. The zero-order chi connectivity index (χ0) is 19.8. The molecule has 3 aromatic carbocycles. The van der Waals surface area contributed by atoms with E-state index in [1.54, 1.807) is 31.2 Å². The second-order valence-electron chi connectivity index (χ2n) is 6.97. The summed E-state index contributed by atoms with van der Waals surface area (Å²) in [7, 11) is 0. The van der Waals surface area contributed by atoms with Gasteiger partial charge >= 0.3 is 0 Å². The molecule has 0 radical (unpaired) electrons. The fourth-order valence-electron chi connectivity index (χ4n) is 3.66. The summed E-state index contributed by atoms with van der Waals surface area (Å²) in [5.41, 5.74) is 2.63. The Morgan fingerprint density at radius 2 is 1.39 bits per heavy atom. The van der Waals surface area contributed by atoms with Crippen LogP contribution in [-0.2, 0) is 0 Å². The van der Waals surface area contributed by atoms with Crippen LogP contribution in [0, 0.1) is 0 Å². The average molecular weight is 395 g/mol. The lowest BCUT2D eigenvalue weighted by atomic mass is 9.97. The summed E-state index contributed by atoms with van der Waals surface area (Å²) in [4.78, 5) is 40.0. The van der Waals surface area contributed by atoms with Crippen molar-refractivity contribution in [2.75, 3.05) is 36.0 Å². The maximum atomic E-state index is 12.2. The second kappa shape index (κ2) is 7.24. The van der Waals surface area contributed by atoms with Gasteiger partial charge in [0.05, 0.1) is 5.56 Å². The van der Waals surface area contributed by atoms with Gasteiger partial charge in [-0.1, -0.05) is 23.7 Å². The van der Waals surface area contributed by atoms with E-state index in [4.69, 9.17) is 11.6 Å². The van der Waals surface area contributed by atoms with Crippen molar-refractivity contribution in [3.63, 3.8) is 0 Å². The molecular formula is C22H19ClN2O3. The standard InChI is InChI=1S/C22H19ClN2O3/c1-14(26)15-4-8-18(9-5-15)24-10-12-25(13-11-24)20-19(21(27)22(20)28)16-2-6-17(23)7-3-16/h2-9H,10-13H2,1H3. The third kappa shape index (κ3) is 3.22. The highest BCUT2D eigenvalue weighted by Gasteiger charge is 2.29. The van der Waals surface area contributed by atoms with Gasteiger partial charge in [0.1, 0.15) is 5.69 Å². The number of carbonyl (C=O) groups is 1. The van der Waals surface area contributed by atoms with Crippen LogP contribution in [0.15, 0.2) is 58.1 Å². The van der Waals surface area contributed by atoms with E-state index < -0.39 is 10.9 Å². The van der Waals surface area contributed by atoms with Crippen molar-refractivity contribution in [2.45, 2.75) is 6.92 Å². The fourth-order valence-corrected chi connectivity index (χ4v) is 3.79. The molecule has 5 nitrogen and oxygen atoms in total. The second-order valence-corrected chi connectivity index (χ2v) is 7.40. The molecule has 142 valence electrons. The van der Waals surface area contributed by atoms with Crippen LogP contribution in [0.1, 0.15) is 17.3 Å². The van der Waals surface area contributed by atoms with E-state index in [-0.39, 0.29) is 5.78 Å². The largest absolute Gasteiger partial charge is 0.368 e. The van der Waals surface area contributed by atoms with Crippen LogP contribution in [0.2, 0.25) is 5.02 Å². The molecule has 1 saturated heterocycles. The molecule has 0 amide bonds. The third-order valence-electron chi connectivity index (χ3n) is 5.25. The molecule has 1 heterocycles. The highest BCUT2D eigenvalue weighted by molar-refractivity contribution is 6.30. The molecule has 0 spiro atoms. The summed E-state index contributed by atoms with van der Waals surface area (Å²) < 4.78 is 0. The Bertz CT molecular complexity index is 1090. The van der Waals surface area contributed by atoms with Crippen LogP contribution < -0.4 is 20.7 Å². The van der Waals surface area contributed by atoms with Gasteiger partial charge in [0.25, 0.3) is 0 Å². The number of anilines is 2. The van der Waals surface area contributed by atoms with Gasteiger partial charge in [-0.3, -0.25) is 14.4 Å². The zero-order valence-corrected chi connectivity index (χ0v) is 16.2. The van der Waals surface area contributed by atoms with Gasteiger partial charge in [0, 0.05) is 42.5 Å². The van der Waals surface area contributed by atoms with Crippen molar-refractivity contribution < 1.29 is 4.79 Å². The molecule has 0 unspecified atom stereocenters. The Labute approximate surface area is 167 Å². The molecular weight excluding hydrogens is 376 g/mol. The predicted octanol–water partition coefficient (Wildman–Crippen LogP) is 3.13. The molecule has 1 aliphatic heterocycles. The Kier molecular flexibility index (Phi) is 4.77. The molecule has 4 rings (SSSR count). The molecule has 1 fully saturated rings. The van der Waals surface area contributed by atoms with Crippen LogP contribution in [0.3, 0.4) is 0 Å². The topological polar surface area (TPSA) is 57.7 Å². The van der Waals surface area contributed by atoms with Gasteiger partial charge in [-0.2, -0.15) is 0 Å². The summed E-state index contributed by atoms with van der Waals surface area (Å²) in [6.45, 7) is 4.33. The van der Waals surface area contributed by atoms with E-state index in [1.165, 1.54) is 0 Å². The number of ketones is 1. The van der Waals surface area contributed by atoms with Gasteiger partial charge < -0.3 is 9.80 Å². The molecule has 3 aromatic rings. The van der Waals surface area contributed by atoms with Gasteiger partial charge in [0.2, 0.25) is 10.9 Å². The van der Waals surface area contributed by atoms with Crippen LogP contribution in [0.5, 0.6) is 0 Å². The van der Waals surface area contributed by atoms with Crippen LogP contribution >= 0.6 is 11.6 Å². The lowest BCUT2D eigenvalue weighted by Crippen LogP contribution is -2.51. The minimum atomic E-state index is -0.431. The molecule has 28 heavy (non-hydrogen) atoms. The molecule has 0 saturated carbocycles. The lowest BCUT2D eigenvalue weighted by molar-refractivity contribution is 0.101. The smallest absolute Gasteiger partial charge is 0.250 e. The Balaban J connectivity index is 1.51. The summed E-state index contributed by atoms with van der Waals surface area (Å²) in [5.74, 6) is 0.0474. The van der Waals surface area contributed by atoms with Crippen molar-refractivity contribution in [1.29, 1.82) is 0 Å². The molecule has 0 N–H and O–H groups in total. The average Bonchev–Trinajstić information content (AvgIpc) is 2.72. The van der Waals surface area contributed by atoms with E-state index in [9.17, 15) is 14.4 Å². The summed E-state index contributed by atoms with van der Waals surface area (Å²) in [5, 5.41) is 0.591. The van der Waals surface area contributed by atoms with E-state index in [0.717, 1.165) is 24.3 Å². The Morgan fingerprint density at radius 1 is 0.821 bits per heavy atom. The van der Waals surface area contributed by atoms with E-state index in [1.807, 2.05) is 29.2 Å². The molecule has 0 atom stereocenters. The molecule has 1 aliphatic rings. The summed E-state index contributed by atoms with van der Waals surface area (Å²) >= 11 is 5.93. The van der Waals surface area contributed by atoms with Gasteiger partial charge in [-0.25, -0.2) is 0 Å². The van der Waals surface area contributed by atoms with Gasteiger partial charge in [-0.05, 0) is 48.9 Å². The van der Waals surface area contributed by atoms with E-state index in [0.29, 0.717) is 34.9 Å². The van der Waals surface area contributed by atoms with Crippen molar-refractivity contribution >= 4 is 28.8 Å². The first kappa shape index (κ1) is 18.4. The first-order valence-corrected chi connectivity index (χ1v) is 9.53. The predicted molar refractivity (Wildman–Crippen MR) is 113 cm³/mol. The number of rotatable bonds is 4. The molecule has 0 aromatic heterocycles. The number of nitrogens with zero attached hydrogens (tertiary/aromatic N) is 2. The SMILES string of the molecule is CC(=O)c1ccc(N2CCN(c3c(-c4ccc(Cl)cc4)c(=O)c3=O)CC2)cc1. The fraction of sp³-hybridized carbons (Fsp3) is 0.227. The first-order valence-electron chi connectivity index (χ1n) is 9.16. The van der Waals surface area contributed by atoms with Gasteiger partial charge in [0.15, 0.2) is 5.78 Å². The Hall–Kier alpha value is -2.92. The van der Waals surface area contributed by atoms with E-state index in [2.05, 4.69) is 4.90 Å². The minimum absolute atomic E-state index is 0.0474. The maximum Gasteiger partial charge on any atom is 0.250 e. The Morgan fingerprint density at radius 3 is 1.96 bits per heavy atom. The van der Waals surface area contributed by atoms with E-state index >= 15 is 0 Å².